The van der Waals surface area contributed by atoms with Gasteiger partial charge in [0, 0.05) is 37.6 Å². The van der Waals surface area contributed by atoms with Gasteiger partial charge in [-0.05, 0) is 30.2 Å². The molecule has 0 spiro atoms. The van der Waals surface area contributed by atoms with Crippen molar-refractivity contribution in [1.82, 2.24) is 25.0 Å². The summed E-state index contributed by atoms with van der Waals surface area (Å²) < 4.78 is 18.0. The highest BCUT2D eigenvalue weighted by atomic mass is 16.7. The maximum Gasteiger partial charge on any atom is 0.351 e. The quantitative estimate of drug-likeness (QED) is 0.375. The van der Waals surface area contributed by atoms with Crippen LogP contribution in [-0.2, 0) is 25.5 Å². The molecule has 1 atom stereocenters. The second kappa shape index (κ2) is 12.3. The zero-order valence-electron chi connectivity index (χ0n) is 22.5. The van der Waals surface area contributed by atoms with Gasteiger partial charge < -0.3 is 25.3 Å². The van der Waals surface area contributed by atoms with Crippen molar-refractivity contribution in [3.8, 4) is 17.1 Å². The molecule has 11 heteroatoms. The van der Waals surface area contributed by atoms with E-state index in [1.165, 1.54) is 18.1 Å². The monoisotopic (exact) mass is 546 g/mol. The maximum absolute atomic E-state index is 13.5. The molecular weight excluding hydrogens is 512 g/mol. The number of pyridine rings is 1. The first-order valence-electron chi connectivity index (χ1n) is 13.5. The molecule has 40 heavy (non-hydrogen) atoms. The Morgan fingerprint density at radius 1 is 1.10 bits per heavy atom. The summed E-state index contributed by atoms with van der Waals surface area (Å²) in [6.07, 6.45) is 7.87. The number of nitrogens with zero attached hydrogens (tertiary/aromatic N) is 4. The standard InChI is InChI=1S/C29H34N6O5/c1-2-3-6-25(29(28(30)37)39-18-19-40-29)32-27(36)23-5-4-12-31-26(23)35-13-11-24(33-35)22-9-7-21(8-10-22)20-34-14-16-38-17-15-34/h4-5,7-13,18-19,25H,2-3,6,14-17,20H2,1H3,(H2,30,37)(H,32,36). The number of hydrogen-bond donors (Lipinski definition) is 2. The Labute approximate surface area is 232 Å². The molecule has 1 aromatic carbocycles. The van der Waals surface area contributed by atoms with Crippen molar-refractivity contribution < 1.29 is 23.8 Å². The van der Waals surface area contributed by atoms with Crippen molar-refractivity contribution in [2.75, 3.05) is 26.3 Å². The highest BCUT2D eigenvalue weighted by Crippen LogP contribution is 2.28. The molecule has 0 radical (unpaired) electrons. The van der Waals surface area contributed by atoms with Crippen LogP contribution in [0.1, 0.15) is 42.1 Å². The Balaban J connectivity index is 1.33. The van der Waals surface area contributed by atoms with Crippen LogP contribution < -0.4 is 11.1 Å². The molecule has 0 saturated carbocycles. The number of aromatic nitrogens is 3. The van der Waals surface area contributed by atoms with Crippen LogP contribution in [0.3, 0.4) is 0 Å². The second-order valence-corrected chi connectivity index (χ2v) is 9.81. The Hall–Kier alpha value is -4.22. The summed E-state index contributed by atoms with van der Waals surface area (Å²) in [4.78, 5) is 32.7. The topological polar surface area (TPSA) is 134 Å². The zero-order chi connectivity index (χ0) is 28.0. The summed E-state index contributed by atoms with van der Waals surface area (Å²) in [5.74, 6) is -2.73. The minimum atomic E-state index is -1.81. The number of carbonyl (C=O) groups excluding carboxylic acids is 2. The number of rotatable bonds is 11. The van der Waals surface area contributed by atoms with E-state index in [0.717, 1.165) is 56.9 Å². The molecule has 0 bridgehead atoms. The van der Waals surface area contributed by atoms with E-state index in [0.29, 0.717) is 12.2 Å². The second-order valence-electron chi connectivity index (χ2n) is 9.81. The normalized spacial score (nSPS) is 17.1. The first-order chi connectivity index (χ1) is 19.5. The number of benzene rings is 1. The number of morpholine rings is 1. The van der Waals surface area contributed by atoms with Crippen molar-refractivity contribution in [3.63, 3.8) is 0 Å². The van der Waals surface area contributed by atoms with Crippen LogP contribution in [0.5, 0.6) is 0 Å². The number of nitrogens with two attached hydrogens (primary N) is 1. The fourth-order valence-electron chi connectivity index (χ4n) is 4.89. The lowest BCUT2D eigenvalue weighted by molar-refractivity contribution is -0.182. The third kappa shape index (κ3) is 5.85. The number of carbonyl (C=O) groups is 2. The molecule has 1 saturated heterocycles. The van der Waals surface area contributed by atoms with Gasteiger partial charge in [0.05, 0.1) is 24.5 Å². The van der Waals surface area contributed by atoms with E-state index in [9.17, 15) is 9.59 Å². The van der Waals surface area contributed by atoms with Crippen molar-refractivity contribution >= 4 is 11.8 Å². The number of hydrogen-bond acceptors (Lipinski definition) is 8. The fourth-order valence-corrected chi connectivity index (χ4v) is 4.89. The van der Waals surface area contributed by atoms with E-state index in [1.807, 2.05) is 25.1 Å². The van der Waals surface area contributed by atoms with Gasteiger partial charge in [0.25, 0.3) is 5.91 Å². The van der Waals surface area contributed by atoms with Crippen molar-refractivity contribution in [2.45, 2.75) is 44.6 Å². The van der Waals surface area contributed by atoms with Crippen LogP contribution >= 0.6 is 0 Å². The molecule has 0 aliphatic carbocycles. The lowest BCUT2D eigenvalue weighted by Gasteiger charge is -2.33. The number of amides is 2. The highest BCUT2D eigenvalue weighted by Gasteiger charge is 2.51. The van der Waals surface area contributed by atoms with E-state index in [1.54, 1.807) is 29.2 Å². The summed E-state index contributed by atoms with van der Waals surface area (Å²) in [7, 11) is 0. The van der Waals surface area contributed by atoms with Crippen molar-refractivity contribution in [1.29, 1.82) is 0 Å². The van der Waals surface area contributed by atoms with E-state index < -0.39 is 23.6 Å². The minimum absolute atomic E-state index is 0.282. The zero-order valence-corrected chi connectivity index (χ0v) is 22.5. The third-order valence-electron chi connectivity index (χ3n) is 7.09. The van der Waals surface area contributed by atoms with Crippen LogP contribution in [0.4, 0.5) is 0 Å². The molecule has 2 aliphatic heterocycles. The van der Waals surface area contributed by atoms with Crippen LogP contribution in [-0.4, -0.2) is 69.6 Å². The van der Waals surface area contributed by atoms with Crippen LogP contribution in [0.25, 0.3) is 17.1 Å². The molecule has 4 heterocycles. The molecule has 1 unspecified atom stereocenters. The predicted molar refractivity (Wildman–Crippen MR) is 147 cm³/mol. The minimum Gasteiger partial charge on any atom is -0.447 e. The number of unbranched alkanes of at least 4 members (excludes halogenated alkanes) is 1. The Kier molecular flexibility index (Phi) is 8.42. The smallest absolute Gasteiger partial charge is 0.351 e. The molecule has 2 aliphatic rings. The van der Waals surface area contributed by atoms with Gasteiger partial charge in [0.2, 0.25) is 0 Å². The first kappa shape index (κ1) is 27.4. The van der Waals surface area contributed by atoms with Gasteiger partial charge in [-0.2, -0.15) is 5.10 Å². The fraction of sp³-hybridized carbons (Fsp3) is 0.379. The maximum atomic E-state index is 13.5. The van der Waals surface area contributed by atoms with Crippen LogP contribution in [0.2, 0.25) is 0 Å². The third-order valence-corrected chi connectivity index (χ3v) is 7.09. The van der Waals surface area contributed by atoms with Crippen LogP contribution in [0, 0.1) is 0 Å². The largest absolute Gasteiger partial charge is 0.447 e. The summed E-state index contributed by atoms with van der Waals surface area (Å²) >= 11 is 0. The molecule has 2 amide bonds. The Bertz CT molecular complexity index is 1340. The first-order valence-corrected chi connectivity index (χ1v) is 13.5. The average molecular weight is 547 g/mol. The van der Waals surface area contributed by atoms with Crippen molar-refractivity contribution in [3.05, 3.63) is 78.5 Å². The van der Waals surface area contributed by atoms with Crippen LogP contribution in [0.15, 0.2) is 67.4 Å². The average Bonchev–Trinajstić information content (AvgIpc) is 3.68. The molecule has 11 nitrogen and oxygen atoms in total. The van der Waals surface area contributed by atoms with E-state index in [-0.39, 0.29) is 5.56 Å². The lowest BCUT2D eigenvalue weighted by atomic mass is 9.99. The van der Waals surface area contributed by atoms with E-state index in [4.69, 9.17) is 25.0 Å². The van der Waals surface area contributed by atoms with Gasteiger partial charge in [-0.15, -0.1) is 0 Å². The molecule has 5 rings (SSSR count). The predicted octanol–water partition coefficient (Wildman–Crippen LogP) is 2.75. The number of nitrogens with one attached hydrogen (secondary N) is 1. The summed E-state index contributed by atoms with van der Waals surface area (Å²) in [6.45, 7) is 6.31. The number of ether oxygens (including phenoxy) is 3. The lowest BCUT2D eigenvalue weighted by Crippen LogP contribution is -2.60. The SMILES string of the molecule is CCCCC(NC(=O)c1cccnc1-n1ccc(-c2ccc(CN3CCOCC3)cc2)n1)C1(C(N)=O)OC=CO1. The van der Waals surface area contributed by atoms with Gasteiger partial charge in [0.1, 0.15) is 18.6 Å². The number of primary amides is 1. The Morgan fingerprint density at radius 3 is 2.55 bits per heavy atom. The molecule has 3 aromatic rings. The summed E-state index contributed by atoms with van der Waals surface area (Å²) in [6, 6.07) is 12.7. The van der Waals surface area contributed by atoms with E-state index >= 15 is 0 Å². The molecule has 1 fully saturated rings. The molecule has 3 N–H and O–H groups in total. The van der Waals surface area contributed by atoms with Gasteiger partial charge in [-0.25, -0.2) is 9.67 Å². The van der Waals surface area contributed by atoms with Gasteiger partial charge >= 0.3 is 11.7 Å². The Morgan fingerprint density at radius 2 is 1.85 bits per heavy atom. The highest BCUT2D eigenvalue weighted by molar-refractivity contribution is 5.98. The molecule has 2 aromatic heterocycles. The van der Waals surface area contributed by atoms with E-state index in [2.05, 4.69) is 27.3 Å². The van der Waals surface area contributed by atoms with Gasteiger partial charge in [-0.3, -0.25) is 14.5 Å². The summed E-state index contributed by atoms with van der Waals surface area (Å²) in [5, 5.41) is 7.60. The van der Waals surface area contributed by atoms with Gasteiger partial charge in [0.15, 0.2) is 5.82 Å². The van der Waals surface area contributed by atoms with Gasteiger partial charge in [-0.1, -0.05) is 44.0 Å². The molecular formula is C29H34N6O5. The molecule has 210 valence electrons. The summed E-state index contributed by atoms with van der Waals surface area (Å²) in [5.41, 5.74) is 8.86. The van der Waals surface area contributed by atoms with Crippen molar-refractivity contribution in [2.24, 2.45) is 5.73 Å².